The predicted molar refractivity (Wildman–Crippen MR) is 142 cm³/mol. The Hall–Kier alpha value is -1.45. The van der Waals surface area contributed by atoms with Crippen molar-refractivity contribution in [2.45, 2.75) is 111 Å². The van der Waals surface area contributed by atoms with Crippen molar-refractivity contribution in [1.29, 1.82) is 0 Å². The van der Waals surface area contributed by atoms with E-state index in [1.807, 2.05) is 0 Å². The number of urea groups is 1. The van der Waals surface area contributed by atoms with Crippen molar-refractivity contribution < 1.29 is 38.1 Å². The molecule has 3 saturated heterocycles. The first-order chi connectivity index (χ1) is 18.1. The third-order valence-electron chi connectivity index (χ3n) is 8.19. The summed E-state index contributed by atoms with van der Waals surface area (Å²) in [6.45, 7) is 1.37. The molecule has 4 rings (SSSR count). The van der Waals surface area contributed by atoms with Crippen LogP contribution in [0.2, 0.25) is 0 Å². The molecule has 0 bridgehead atoms. The van der Waals surface area contributed by atoms with Gasteiger partial charge in [-0.25, -0.2) is 9.00 Å². The summed E-state index contributed by atoms with van der Waals surface area (Å²) in [5.41, 5.74) is 0. The average molecular weight is 577 g/mol. The van der Waals surface area contributed by atoms with Crippen LogP contribution in [-0.4, -0.2) is 102 Å². The Balaban J connectivity index is 1.25. The van der Waals surface area contributed by atoms with Crippen molar-refractivity contribution in [3.8, 4) is 0 Å². The van der Waals surface area contributed by atoms with Crippen molar-refractivity contribution in [3.63, 3.8) is 0 Å². The number of fused-ring (bicyclic) bond motifs is 1. The highest BCUT2D eigenvalue weighted by Crippen LogP contribution is 2.35. The number of thioether (sulfide) groups is 1. The number of aliphatic hydroxyl groups is 2. The van der Waals surface area contributed by atoms with Gasteiger partial charge < -0.3 is 40.8 Å². The first-order valence-corrected chi connectivity index (χ1v) is 15.7. The molecule has 1 saturated carbocycles. The van der Waals surface area contributed by atoms with Crippen LogP contribution in [0.15, 0.2) is 0 Å². The second-order valence-electron chi connectivity index (χ2n) is 10.9. The fourth-order valence-electron chi connectivity index (χ4n) is 6.13. The molecule has 38 heavy (non-hydrogen) atoms. The number of nitrogens with one attached hydrogen (secondary N) is 4. The molecule has 216 valence electrons. The Morgan fingerprint density at radius 1 is 1.13 bits per heavy atom. The molecule has 0 aromatic carbocycles. The zero-order valence-corrected chi connectivity index (χ0v) is 23.2. The van der Waals surface area contributed by atoms with Gasteiger partial charge in [0.15, 0.2) is 11.1 Å². The van der Waals surface area contributed by atoms with Crippen molar-refractivity contribution in [2.24, 2.45) is 5.92 Å². The Morgan fingerprint density at radius 3 is 2.55 bits per heavy atom. The number of amides is 4. The van der Waals surface area contributed by atoms with Gasteiger partial charge in [0, 0.05) is 30.9 Å². The second-order valence-corrected chi connectivity index (χ2v) is 13.4. The van der Waals surface area contributed by atoms with E-state index >= 15 is 0 Å². The summed E-state index contributed by atoms with van der Waals surface area (Å²) < 4.78 is 26.9. The molecule has 4 fully saturated rings. The number of aliphatic hydroxyl groups excluding tert-OH is 2. The molecule has 3 aliphatic heterocycles. The van der Waals surface area contributed by atoms with Gasteiger partial charge in [-0.1, -0.05) is 0 Å². The topological polar surface area (TPSA) is 186 Å². The Kier molecular flexibility index (Phi) is 10.3. The molecule has 0 aromatic heterocycles. The smallest absolute Gasteiger partial charge is 0.315 e. The van der Waals surface area contributed by atoms with Gasteiger partial charge in [0.05, 0.1) is 29.5 Å². The highest BCUT2D eigenvalue weighted by atomic mass is 32.2. The maximum Gasteiger partial charge on any atom is 0.315 e. The summed E-state index contributed by atoms with van der Waals surface area (Å²) in [6.07, 6.45) is 1.06. The molecule has 0 spiro atoms. The van der Waals surface area contributed by atoms with Crippen LogP contribution in [0.4, 0.5) is 4.79 Å². The quantitative estimate of drug-likeness (QED) is 0.134. The van der Waals surface area contributed by atoms with E-state index in [-0.39, 0.29) is 52.9 Å². The molecule has 12 nitrogen and oxygen atoms in total. The number of carbonyl (C=O) groups is 3. The minimum Gasteiger partial charge on any atom is -0.388 e. The van der Waals surface area contributed by atoms with Crippen molar-refractivity contribution >= 4 is 40.7 Å². The van der Waals surface area contributed by atoms with Gasteiger partial charge in [-0.15, -0.1) is 0 Å². The van der Waals surface area contributed by atoms with E-state index in [1.165, 1.54) is 6.92 Å². The molecule has 9 atom stereocenters. The Bertz CT molecular complexity index is 889. The fourth-order valence-corrected chi connectivity index (χ4v) is 8.35. The predicted octanol–water partition coefficient (Wildman–Crippen LogP) is -0.397. The normalized spacial score (nSPS) is 39.5. The summed E-state index contributed by atoms with van der Waals surface area (Å²) in [6, 6.07) is -0.690. The third-order valence-corrected chi connectivity index (χ3v) is 10.7. The summed E-state index contributed by atoms with van der Waals surface area (Å²) in [5, 5.41) is 32.9. The van der Waals surface area contributed by atoms with Crippen LogP contribution in [0.3, 0.4) is 0 Å². The summed E-state index contributed by atoms with van der Waals surface area (Å²) in [5.74, 6) is 0.532. The lowest BCUT2D eigenvalue weighted by Crippen LogP contribution is -2.65. The minimum atomic E-state index is -1.84. The molecule has 7 N–H and O–H groups in total. The molecular formula is C24H40N4O8S2. The third kappa shape index (κ3) is 7.39. The highest BCUT2D eigenvalue weighted by molar-refractivity contribution is 8.00. The maximum atomic E-state index is 12.5. The molecule has 14 heteroatoms. The van der Waals surface area contributed by atoms with Gasteiger partial charge in [-0.05, 0) is 50.9 Å². The van der Waals surface area contributed by atoms with Crippen LogP contribution >= 0.6 is 11.8 Å². The minimum absolute atomic E-state index is 0.0272. The maximum absolute atomic E-state index is 12.5. The van der Waals surface area contributed by atoms with Crippen LogP contribution in [0.1, 0.15) is 58.3 Å². The van der Waals surface area contributed by atoms with Crippen LogP contribution in [0.25, 0.3) is 0 Å². The first-order valence-electron chi connectivity index (χ1n) is 13.5. The lowest BCUT2D eigenvalue weighted by Gasteiger charge is -2.44. The van der Waals surface area contributed by atoms with E-state index in [4.69, 9.17) is 4.74 Å². The second kappa shape index (κ2) is 13.3. The van der Waals surface area contributed by atoms with Gasteiger partial charge in [0.2, 0.25) is 11.8 Å². The highest BCUT2D eigenvalue weighted by Gasteiger charge is 2.46. The molecule has 4 aliphatic rings. The molecule has 4 amide bonds. The van der Waals surface area contributed by atoms with E-state index in [9.17, 15) is 33.4 Å². The molecular weight excluding hydrogens is 536 g/mol. The van der Waals surface area contributed by atoms with Crippen LogP contribution in [-0.2, 0) is 25.4 Å². The summed E-state index contributed by atoms with van der Waals surface area (Å²) in [7, 11) is 0. The standard InChI is InChI=1S/C24H40N4O8S2/c1-12(29)26-21-16(9-13-5-7-14(8-6-13)38(34)35)36-17(22(31)23(21)32)10-25-19(30)4-2-3-18-20-15(11-37-18)27-24(33)28-20/h13-18,20-23,31-32H,2-11H2,1H3,(H,25,30)(H,26,29)(H,34,35)(H2,27,28,33)/t13?,14?,15-,16-,17?,18-,20-,21?,22+,23+/m0/s1. The summed E-state index contributed by atoms with van der Waals surface area (Å²) >= 11 is -0.0428. The number of hydrogen-bond acceptors (Lipinski definition) is 8. The number of hydrogen-bond donors (Lipinski definition) is 7. The monoisotopic (exact) mass is 576 g/mol. The van der Waals surface area contributed by atoms with Gasteiger partial charge in [0.25, 0.3) is 0 Å². The van der Waals surface area contributed by atoms with E-state index in [2.05, 4.69) is 21.3 Å². The zero-order chi connectivity index (χ0) is 27.4. The lowest BCUT2D eigenvalue weighted by molar-refractivity contribution is -0.188. The first kappa shape index (κ1) is 29.5. The number of rotatable bonds is 10. The summed E-state index contributed by atoms with van der Waals surface area (Å²) in [4.78, 5) is 35.8. The van der Waals surface area contributed by atoms with Crippen molar-refractivity contribution in [1.82, 2.24) is 21.3 Å². The molecule has 1 aliphatic carbocycles. The molecule has 0 radical (unpaired) electrons. The van der Waals surface area contributed by atoms with Crippen LogP contribution < -0.4 is 21.3 Å². The van der Waals surface area contributed by atoms with E-state index in [0.717, 1.165) is 25.0 Å². The van der Waals surface area contributed by atoms with E-state index in [0.29, 0.717) is 32.1 Å². The van der Waals surface area contributed by atoms with Crippen molar-refractivity contribution in [2.75, 3.05) is 12.3 Å². The van der Waals surface area contributed by atoms with Crippen LogP contribution in [0, 0.1) is 5.92 Å². The lowest BCUT2D eigenvalue weighted by atomic mass is 9.81. The van der Waals surface area contributed by atoms with E-state index in [1.54, 1.807) is 11.8 Å². The van der Waals surface area contributed by atoms with Gasteiger partial charge in [0.1, 0.15) is 18.3 Å². The molecule has 3 heterocycles. The van der Waals surface area contributed by atoms with Gasteiger partial charge in [-0.3, -0.25) is 9.59 Å². The van der Waals surface area contributed by atoms with Crippen molar-refractivity contribution in [3.05, 3.63) is 0 Å². The van der Waals surface area contributed by atoms with Gasteiger partial charge in [-0.2, -0.15) is 11.8 Å². The molecule has 0 aromatic rings. The van der Waals surface area contributed by atoms with Crippen LogP contribution in [0.5, 0.6) is 0 Å². The fraction of sp³-hybridized carbons (Fsp3) is 0.875. The SMILES string of the molecule is CC(=O)NC1[C@H](CC2CCC(S(=O)O)CC2)OC(CNC(=O)CCC[C@@H]2SC[C@@H]3NC(=O)N[C@@H]32)[C@@H](O)[C@@H]1O. The number of ether oxygens (including phenoxy) is 1. The van der Waals surface area contributed by atoms with Gasteiger partial charge >= 0.3 is 6.03 Å². The molecule has 3 unspecified atom stereocenters. The zero-order valence-electron chi connectivity index (χ0n) is 21.5. The largest absolute Gasteiger partial charge is 0.388 e. The number of carbonyl (C=O) groups excluding carboxylic acids is 3. The van der Waals surface area contributed by atoms with E-state index < -0.39 is 41.5 Å². The Morgan fingerprint density at radius 2 is 1.87 bits per heavy atom. The Labute approximate surface area is 229 Å². The average Bonchev–Trinajstić information content (AvgIpc) is 3.42.